The average molecular weight is 272 g/mol. The highest BCUT2D eigenvalue weighted by Gasteiger charge is 2.13. The van der Waals surface area contributed by atoms with E-state index >= 15 is 0 Å². The molecule has 5 nitrogen and oxygen atoms in total. The van der Waals surface area contributed by atoms with E-state index in [0.29, 0.717) is 11.7 Å². The monoisotopic (exact) mass is 271 g/mol. The van der Waals surface area contributed by atoms with Crippen LogP contribution in [0.4, 0.5) is 11.5 Å². The molecule has 1 N–H and O–H groups in total. The molecule has 6 heteroatoms. The number of nitro groups is 1. The molecule has 0 aliphatic rings. The first-order chi connectivity index (χ1) is 8.43. The number of anilines is 1. The van der Waals surface area contributed by atoms with Gasteiger partial charge >= 0.3 is 0 Å². The summed E-state index contributed by atoms with van der Waals surface area (Å²) < 4.78 is 0. The summed E-state index contributed by atoms with van der Waals surface area (Å²) in [5, 5.41) is 14.0. The summed E-state index contributed by atoms with van der Waals surface area (Å²) >= 11 is 5.96. The van der Waals surface area contributed by atoms with Gasteiger partial charge in [0.05, 0.1) is 9.95 Å². The Balaban J connectivity index is 2.70. The van der Waals surface area contributed by atoms with Crippen molar-refractivity contribution in [2.75, 3.05) is 5.32 Å². The third kappa shape index (κ3) is 4.14. The van der Waals surface area contributed by atoms with Crippen LogP contribution in [0.15, 0.2) is 12.3 Å². The van der Waals surface area contributed by atoms with Crippen molar-refractivity contribution in [1.29, 1.82) is 0 Å². The zero-order valence-electron chi connectivity index (χ0n) is 10.8. The Morgan fingerprint density at radius 1 is 1.56 bits per heavy atom. The van der Waals surface area contributed by atoms with E-state index in [1.165, 1.54) is 12.3 Å². The number of halogens is 1. The Hall–Kier alpha value is -1.36. The van der Waals surface area contributed by atoms with Crippen LogP contribution in [0.1, 0.15) is 33.6 Å². The van der Waals surface area contributed by atoms with E-state index in [0.717, 1.165) is 12.8 Å². The summed E-state index contributed by atoms with van der Waals surface area (Å²) in [6.07, 6.45) is 3.34. The number of aromatic nitrogens is 1. The Kier molecular flexibility index (Phi) is 5.34. The lowest BCUT2D eigenvalue weighted by atomic mass is 10.0. The fourth-order valence-electron chi connectivity index (χ4n) is 1.70. The van der Waals surface area contributed by atoms with E-state index in [9.17, 15) is 10.1 Å². The number of hydrogen-bond donors (Lipinski definition) is 1. The van der Waals surface area contributed by atoms with Crippen LogP contribution < -0.4 is 5.32 Å². The summed E-state index contributed by atoms with van der Waals surface area (Å²) in [6.45, 7) is 6.38. The van der Waals surface area contributed by atoms with Crippen LogP contribution in [0.3, 0.4) is 0 Å². The minimum Gasteiger partial charge on any atom is -0.366 e. The molecule has 0 saturated heterocycles. The molecule has 2 atom stereocenters. The van der Waals surface area contributed by atoms with E-state index < -0.39 is 4.92 Å². The van der Waals surface area contributed by atoms with Crippen LogP contribution in [0.25, 0.3) is 0 Å². The summed E-state index contributed by atoms with van der Waals surface area (Å²) in [4.78, 5) is 14.0. The van der Waals surface area contributed by atoms with E-state index in [2.05, 4.69) is 24.1 Å². The third-order valence-corrected chi connectivity index (χ3v) is 3.16. The van der Waals surface area contributed by atoms with E-state index in [1.807, 2.05) is 6.92 Å². The van der Waals surface area contributed by atoms with Crippen LogP contribution in [0.5, 0.6) is 0 Å². The molecule has 0 aliphatic heterocycles. The zero-order valence-corrected chi connectivity index (χ0v) is 11.6. The first kappa shape index (κ1) is 14.7. The van der Waals surface area contributed by atoms with Crippen LogP contribution in [0, 0.1) is 16.0 Å². The molecule has 0 bridgehead atoms. The van der Waals surface area contributed by atoms with Gasteiger partial charge in [-0.3, -0.25) is 10.1 Å². The molecule has 1 aromatic heterocycles. The number of hydrogen-bond acceptors (Lipinski definition) is 4. The molecule has 100 valence electrons. The average Bonchev–Trinajstić information content (AvgIpc) is 2.31. The number of pyridine rings is 1. The molecule has 0 aromatic carbocycles. The maximum Gasteiger partial charge on any atom is 0.289 e. The van der Waals surface area contributed by atoms with Crippen molar-refractivity contribution in [2.45, 2.75) is 39.7 Å². The van der Waals surface area contributed by atoms with Gasteiger partial charge in [-0.05, 0) is 19.3 Å². The maximum atomic E-state index is 10.6. The smallest absolute Gasteiger partial charge is 0.289 e. The van der Waals surface area contributed by atoms with Crippen LogP contribution in [-0.2, 0) is 0 Å². The molecule has 18 heavy (non-hydrogen) atoms. The minimum atomic E-state index is -0.509. The second-order valence-electron chi connectivity index (χ2n) is 4.58. The van der Waals surface area contributed by atoms with Gasteiger partial charge in [-0.25, -0.2) is 4.98 Å². The van der Waals surface area contributed by atoms with Gasteiger partial charge in [0.25, 0.3) is 5.69 Å². The molecule has 0 aliphatic carbocycles. The summed E-state index contributed by atoms with van der Waals surface area (Å²) in [7, 11) is 0. The van der Waals surface area contributed by atoms with Gasteiger partial charge in [-0.15, -0.1) is 0 Å². The number of nitrogens with one attached hydrogen (secondary N) is 1. The molecule has 0 spiro atoms. The predicted molar refractivity (Wildman–Crippen MR) is 73.1 cm³/mol. The van der Waals surface area contributed by atoms with Crippen LogP contribution in [-0.4, -0.2) is 15.9 Å². The zero-order chi connectivity index (χ0) is 13.7. The van der Waals surface area contributed by atoms with Gasteiger partial charge < -0.3 is 5.32 Å². The molecule has 0 fully saturated rings. The van der Waals surface area contributed by atoms with E-state index in [4.69, 9.17) is 11.6 Å². The van der Waals surface area contributed by atoms with Crippen LogP contribution >= 0.6 is 11.6 Å². The topological polar surface area (TPSA) is 68.1 Å². The lowest BCUT2D eigenvalue weighted by molar-refractivity contribution is -0.385. The van der Waals surface area contributed by atoms with Gasteiger partial charge in [-0.2, -0.15) is 0 Å². The Morgan fingerprint density at radius 3 is 2.72 bits per heavy atom. The van der Waals surface area contributed by atoms with Gasteiger partial charge in [0.2, 0.25) is 0 Å². The highest BCUT2D eigenvalue weighted by molar-refractivity contribution is 6.33. The minimum absolute atomic E-state index is 0.0971. The molecular weight excluding hydrogens is 254 g/mol. The molecule has 1 heterocycles. The van der Waals surface area contributed by atoms with Crippen molar-refractivity contribution >= 4 is 23.1 Å². The Labute approximate surface area is 112 Å². The van der Waals surface area contributed by atoms with Crippen molar-refractivity contribution in [3.63, 3.8) is 0 Å². The third-order valence-electron chi connectivity index (χ3n) is 2.87. The normalized spacial score (nSPS) is 14.0. The van der Waals surface area contributed by atoms with Gasteiger partial charge in [-0.1, -0.05) is 31.9 Å². The Bertz CT molecular complexity index is 426. The number of nitrogens with zero attached hydrogens (tertiary/aromatic N) is 2. The van der Waals surface area contributed by atoms with Gasteiger partial charge in [0.15, 0.2) is 0 Å². The lowest BCUT2D eigenvalue weighted by Crippen LogP contribution is -2.19. The Morgan fingerprint density at radius 2 is 2.22 bits per heavy atom. The summed E-state index contributed by atoms with van der Waals surface area (Å²) in [6, 6.07) is 1.54. The second kappa shape index (κ2) is 6.54. The molecule has 1 aromatic rings. The van der Waals surface area contributed by atoms with Crippen LogP contribution in [0.2, 0.25) is 5.02 Å². The fraction of sp³-hybridized carbons (Fsp3) is 0.583. The molecule has 0 radical (unpaired) electrons. The van der Waals surface area contributed by atoms with Crippen molar-refractivity contribution in [1.82, 2.24) is 4.98 Å². The maximum absolute atomic E-state index is 10.6. The predicted octanol–water partition coefficient (Wildman–Crippen LogP) is 3.88. The van der Waals surface area contributed by atoms with Crippen molar-refractivity contribution < 1.29 is 4.92 Å². The first-order valence-electron chi connectivity index (χ1n) is 6.00. The highest BCUT2D eigenvalue weighted by atomic mass is 35.5. The highest BCUT2D eigenvalue weighted by Crippen LogP contribution is 2.25. The van der Waals surface area contributed by atoms with Crippen molar-refractivity contribution in [2.24, 2.45) is 5.92 Å². The van der Waals surface area contributed by atoms with Gasteiger partial charge in [0.1, 0.15) is 12.0 Å². The summed E-state index contributed by atoms with van der Waals surface area (Å²) in [5.41, 5.74) is -0.0971. The first-order valence-corrected chi connectivity index (χ1v) is 6.38. The number of rotatable bonds is 6. The van der Waals surface area contributed by atoms with E-state index in [1.54, 1.807) is 0 Å². The molecule has 1 rings (SSSR count). The molecule has 2 unspecified atom stereocenters. The fourth-order valence-corrected chi connectivity index (χ4v) is 1.91. The molecule has 0 amide bonds. The largest absolute Gasteiger partial charge is 0.366 e. The summed E-state index contributed by atoms with van der Waals surface area (Å²) in [5.74, 6) is 1.11. The quantitative estimate of drug-likeness (QED) is 0.630. The van der Waals surface area contributed by atoms with Gasteiger partial charge in [0, 0.05) is 12.1 Å². The lowest BCUT2D eigenvalue weighted by Gasteiger charge is -2.18. The van der Waals surface area contributed by atoms with Crippen molar-refractivity contribution in [3.8, 4) is 0 Å². The van der Waals surface area contributed by atoms with E-state index in [-0.39, 0.29) is 16.8 Å². The SMILES string of the molecule is CCC(C)CC(C)Nc1ncc([N+](=O)[O-])cc1Cl. The standard InChI is InChI=1S/C12H18ClN3O2/c1-4-8(2)5-9(3)15-12-11(13)6-10(7-14-12)16(17)18/h6-9H,4-5H2,1-3H3,(H,14,15). The van der Waals surface area contributed by atoms with Crippen molar-refractivity contribution in [3.05, 3.63) is 27.4 Å². The second-order valence-corrected chi connectivity index (χ2v) is 4.98. The molecular formula is C12H18ClN3O2. The molecule has 0 saturated carbocycles.